The number of fused-ring (bicyclic) bond motifs is 1. The Bertz CT molecular complexity index is 1290. The number of benzene rings is 3. The zero-order valence-corrected chi connectivity index (χ0v) is 21.5. The fourth-order valence-corrected chi connectivity index (χ4v) is 3.78. The highest BCUT2D eigenvalue weighted by atomic mass is 15.1. The SMILES string of the molecule is CN(C)c1ccc(/C=C/C=C/c2ccc3nc(/C=C/C=C/c4ccc(N(C)C)cc4)ccc3c2)cc1. The second-order valence-electron chi connectivity index (χ2n) is 9.10. The number of hydrogen-bond acceptors (Lipinski definition) is 3. The summed E-state index contributed by atoms with van der Waals surface area (Å²) in [5.74, 6) is 0. The molecule has 0 saturated carbocycles. The third-order valence-electron chi connectivity index (χ3n) is 5.91. The fraction of sp³-hybridized carbons (Fsp3) is 0.121. The van der Waals surface area contributed by atoms with E-state index in [0.29, 0.717) is 0 Å². The molecule has 0 unspecified atom stereocenters. The van der Waals surface area contributed by atoms with E-state index >= 15 is 0 Å². The maximum atomic E-state index is 4.78. The Morgan fingerprint density at radius 1 is 0.500 bits per heavy atom. The summed E-state index contributed by atoms with van der Waals surface area (Å²) in [4.78, 5) is 8.98. The molecular formula is C33H33N3. The van der Waals surface area contributed by atoms with Crippen LogP contribution in [-0.4, -0.2) is 33.2 Å². The first-order valence-electron chi connectivity index (χ1n) is 12.1. The highest BCUT2D eigenvalue weighted by Crippen LogP contribution is 2.18. The van der Waals surface area contributed by atoms with Crippen LogP contribution in [-0.2, 0) is 0 Å². The predicted molar refractivity (Wildman–Crippen MR) is 159 cm³/mol. The minimum Gasteiger partial charge on any atom is -0.378 e. The number of hydrogen-bond donors (Lipinski definition) is 0. The van der Waals surface area contributed by atoms with Gasteiger partial charge in [0.05, 0.1) is 11.2 Å². The Morgan fingerprint density at radius 3 is 1.50 bits per heavy atom. The van der Waals surface area contributed by atoms with Gasteiger partial charge in [-0.05, 0) is 65.2 Å². The number of allylic oxidation sites excluding steroid dienone is 4. The van der Waals surface area contributed by atoms with Crippen LogP contribution in [0.2, 0.25) is 0 Å². The minimum absolute atomic E-state index is 0.946. The summed E-state index contributed by atoms with van der Waals surface area (Å²) in [6.45, 7) is 0. The molecular weight excluding hydrogens is 438 g/mol. The van der Waals surface area contributed by atoms with E-state index in [0.717, 1.165) is 22.2 Å². The molecule has 0 atom stereocenters. The molecule has 1 heterocycles. The molecule has 0 aliphatic carbocycles. The highest BCUT2D eigenvalue weighted by molar-refractivity contribution is 5.82. The summed E-state index contributed by atoms with van der Waals surface area (Å²) in [5, 5.41) is 1.13. The average Bonchev–Trinajstić information content (AvgIpc) is 2.89. The topological polar surface area (TPSA) is 19.4 Å². The van der Waals surface area contributed by atoms with Gasteiger partial charge in [0.1, 0.15) is 0 Å². The summed E-state index contributed by atoms with van der Waals surface area (Å²) >= 11 is 0. The summed E-state index contributed by atoms with van der Waals surface area (Å²) in [5.41, 5.74) is 7.86. The van der Waals surface area contributed by atoms with Crippen LogP contribution in [0, 0.1) is 0 Å². The molecule has 0 saturated heterocycles. The van der Waals surface area contributed by atoms with E-state index < -0.39 is 0 Å². The average molecular weight is 472 g/mol. The van der Waals surface area contributed by atoms with Gasteiger partial charge in [-0.1, -0.05) is 78.9 Å². The predicted octanol–water partition coefficient (Wildman–Crippen LogP) is 7.82. The number of aromatic nitrogens is 1. The normalized spacial score (nSPS) is 12.0. The van der Waals surface area contributed by atoms with Crippen LogP contribution in [0.3, 0.4) is 0 Å². The second kappa shape index (κ2) is 11.9. The third-order valence-corrected chi connectivity index (χ3v) is 5.91. The lowest BCUT2D eigenvalue weighted by atomic mass is 10.1. The Labute approximate surface area is 215 Å². The van der Waals surface area contributed by atoms with Crippen LogP contribution >= 0.6 is 0 Å². The van der Waals surface area contributed by atoms with Gasteiger partial charge in [-0.25, -0.2) is 4.98 Å². The molecule has 3 heteroatoms. The van der Waals surface area contributed by atoms with Crippen LogP contribution in [0.4, 0.5) is 11.4 Å². The van der Waals surface area contributed by atoms with Crippen molar-refractivity contribution in [3.05, 3.63) is 126 Å². The smallest absolute Gasteiger partial charge is 0.0709 e. The Morgan fingerprint density at radius 2 is 0.972 bits per heavy atom. The van der Waals surface area contributed by atoms with Gasteiger partial charge in [-0.2, -0.15) is 0 Å². The monoisotopic (exact) mass is 471 g/mol. The standard InChI is InChI=1S/C33H33N3/c1-35(2)31-20-13-26(14-21-31)9-5-6-11-28-17-24-33-29(25-28)18-19-30(34-33)12-8-7-10-27-15-22-32(23-16-27)36(3)4/h5-25H,1-4H3/b9-5+,10-7+,11-6+,12-8+. The quantitative estimate of drug-likeness (QED) is 0.244. The molecule has 4 rings (SSSR count). The van der Waals surface area contributed by atoms with Gasteiger partial charge in [0.25, 0.3) is 0 Å². The lowest BCUT2D eigenvalue weighted by Crippen LogP contribution is -2.07. The van der Waals surface area contributed by atoms with Gasteiger partial charge in [0, 0.05) is 45.0 Å². The van der Waals surface area contributed by atoms with Gasteiger partial charge >= 0.3 is 0 Å². The van der Waals surface area contributed by atoms with Crippen LogP contribution in [0.15, 0.2) is 103 Å². The van der Waals surface area contributed by atoms with Crippen molar-refractivity contribution >= 4 is 46.6 Å². The van der Waals surface area contributed by atoms with Gasteiger partial charge in [-0.15, -0.1) is 0 Å². The van der Waals surface area contributed by atoms with Gasteiger partial charge in [0.15, 0.2) is 0 Å². The lowest BCUT2D eigenvalue weighted by Gasteiger charge is -2.11. The van der Waals surface area contributed by atoms with Crippen molar-refractivity contribution in [3.63, 3.8) is 0 Å². The molecule has 0 radical (unpaired) electrons. The van der Waals surface area contributed by atoms with E-state index in [4.69, 9.17) is 4.98 Å². The van der Waals surface area contributed by atoms with Crippen molar-refractivity contribution in [2.45, 2.75) is 0 Å². The van der Waals surface area contributed by atoms with E-state index in [9.17, 15) is 0 Å². The maximum Gasteiger partial charge on any atom is 0.0709 e. The van der Waals surface area contributed by atoms with Crippen molar-refractivity contribution in [1.29, 1.82) is 0 Å². The van der Waals surface area contributed by atoms with Crippen LogP contribution in [0.1, 0.15) is 22.4 Å². The molecule has 1 aromatic heterocycles. The summed E-state index contributed by atoms with van der Waals surface area (Å²) in [7, 11) is 8.20. The molecule has 3 nitrogen and oxygen atoms in total. The number of pyridine rings is 1. The first kappa shape index (κ1) is 24.7. The van der Waals surface area contributed by atoms with Crippen LogP contribution in [0.25, 0.3) is 35.2 Å². The van der Waals surface area contributed by atoms with Crippen molar-refractivity contribution in [2.75, 3.05) is 38.0 Å². The minimum atomic E-state index is 0.946. The van der Waals surface area contributed by atoms with E-state index in [1.54, 1.807) is 0 Å². The van der Waals surface area contributed by atoms with Crippen molar-refractivity contribution in [1.82, 2.24) is 4.98 Å². The van der Waals surface area contributed by atoms with Gasteiger partial charge in [0.2, 0.25) is 0 Å². The Balaban J connectivity index is 1.36. The first-order valence-corrected chi connectivity index (χ1v) is 12.1. The van der Waals surface area contributed by atoms with Crippen molar-refractivity contribution in [2.24, 2.45) is 0 Å². The summed E-state index contributed by atoms with van der Waals surface area (Å²) in [6.07, 6.45) is 16.6. The molecule has 0 fully saturated rings. The van der Waals surface area contributed by atoms with E-state index in [2.05, 4.69) is 139 Å². The molecule has 0 spiro atoms. The molecule has 0 aliphatic heterocycles. The van der Waals surface area contributed by atoms with E-state index in [1.807, 2.05) is 26.2 Å². The molecule has 0 bridgehead atoms. The van der Waals surface area contributed by atoms with E-state index in [1.165, 1.54) is 22.5 Å². The zero-order chi connectivity index (χ0) is 25.3. The first-order chi connectivity index (χ1) is 17.5. The molecule has 36 heavy (non-hydrogen) atoms. The van der Waals surface area contributed by atoms with Crippen LogP contribution in [0.5, 0.6) is 0 Å². The fourth-order valence-electron chi connectivity index (χ4n) is 3.78. The summed E-state index contributed by atoms with van der Waals surface area (Å²) < 4.78 is 0. The maximum absolute atomic E-state index is 4.78. The van der Waals surface area contributed by atoms with Gasteiger partial charge in [-0.3, -0.25) is 0 Å². The van der Waals surface area contributed by atoms with Gasteiger partial charge < -0.3 is 9.80 Å². The zero-order valence-electron chi connectivity index (χ0n) is 21.5. The highest BCUT2D eigenvalue weighted by Gasteiger charge is 1.98. The number of rotatable bonds is 8. The Hall–Kier alpha value is -4.37. The van der Waals surface area contributed by atoms with Crippen LogP contribution < -0.4 is 9.80 Å². The second-order valence-corrected chi connectivity index (χ2v) is 9.10. The molecule has 0 N–H and O–H groups in total. The molecule has 180 valence electrons. The molecule has 4 aromatic rings. The molecule has 0 aliphatic rings. The lowest BCUT2D eigenvalue weighted by molar-refractivity contribution is 1.13. The molecule has 3 aromatic carbocycles. The number of anilines is 2. The largest absolute Gasteiger partial charge is 0.378 e. The molecule has 0 amide bonds. The number of nitrogens with zero attached hydrogens (tertiary/aromatic N) is 3. The van der Waals surface area contributed by atoms with E-state index in [-0.39, 0.29) is 0 Å². The van der Waals surface area contributed by atoms with Crippen molar-refractivity contribution in [3.8, 4) is 0 Å². The summed E-state index contributed by atoms with van der Waals surface area (Å²) in [6, 6.07) is 27.6. The Kier molecular flexibility index (Phi) is 8.15. The van der Waals surface area contributed by atoms with Crippen molar-refractivity contribution < 1.29 is 0 Å². The third kappa shape index (κ3) is 6.83.